The molecule has 0 fully saturated rings. The van der Waals surface area contributed by atoms with E-state index in [0.717, 1.165) is 38.5 Å². The fourth-order valence-electron chi connectivity index (χ4n) is 3.57. The highest BCUT2D eigenvalue weighted by atomic mass is 31.2. The summed E-state index contributed by atoms with van der Waals surface area (Å²) in [7, 11) is 1.61. The average Bonchev–Trinajstić information content (AvgIpc) is 2.74. The maximum absolute atomic E-state index is 12.5. The van der Waals surface area contributed by atoms with Gasteiger partial charge >= 0.3 is 7.82 Å². The Kier molecular flexibility index (Phi) is 19.4. The fraction of sp³-hybridized carbons (Fsp3) is 0.960. The zero-order chi connectivity index (χ0) is 25.9. The van der Waals surface area contributed by atoms with E-state index in [4.69, 9.17) is 9.05 Å². The van der Waals surface area contributed by atoms with Gasteiger partial charge in [0, 0.05) is 6.42 Å². The molecule has 3 atom stereocenters. The van der Waals surface area contributed by atoms with Gasteiger partial charge in [0.25, 0.3) is 0 Å². The largest absolute Gasteiger partial charge is 0.472 e. The number of carbonyl (C=O) groups is 1. The summed E-state index contributed by atoms with van der Waals surface area (Å²) in [6, 6.07) is -0.745. The second-order valence-electron chi connectivity index (χ2n) is 10.4. The number of unbranched alkanes of at least 4 members (excludes halogenated alkanes) is 10. The predicted molar refractivity (Wildman–Crippen MR) is 139 cm³/mol. The van der Waals surface area contributed by atoms with Gasteiger partial charge in [0.15, 0.2) is 0 Å². The molecular weight excluding hydrogens is 455 g/mol. The van der Waals surface area contributed by atoms with Crippen molar-refractivity contribution in [2.45, 2.75) is 116 Å². The van der Waals surface area contributed by atoms with Crippen molar-refractivity contribution in [2.24, 2.45) is 0 Å². The van der Waals surface area contributed by atoms with Crippen LogP contribution in [0.25, 0.3) is 0 Å². The lowest BCUT2D eigenvalue weighted by molar-refractivity contribution is -0.870. The molecule has 34 heavy (non-hydrogen) atoms. The van der Waals surface area contributed by atoms with Gasteiger partial charge in [-0.1, -0.05) is 84.5 Å². The molecule has 0 aromatic rings. The minimum absolute atomic E-state index is 0.0760. The first-order valence-corrected chi connectivity index (χ1v) is 14.9. The highest BCUT2D eigenvalue weighted by Gasteiger charge is 2.28. The molecule has 0 aliphatic heterocycles. The molecule has 8 nitrogen and oxygen atoms in total. The maximum Gasteiger partial charge on any atom is 0.472 e. The molecule has 0 bridgehead atoms. The van der Waals surface area contributed by atoms with E-state index in [1.54, 1.807) is 0 Å². The number of carbonyl (C=O) groups excluding carboxylic acids is 1. The number of hydrogen-bond acceptors (Lipinski definition) is 5. The molecule has 0 saturated heterocycles. The van der Waals surface area contributed by atoms with Crippen LogP contribution >= 0.6 is 7.82 Å². The molecule has 0 aromatic heterocycles. The number of rotatable bonds is 23. The molecule has 0 saturated carbocycles. The number of aliphatic hydroxyl groups is 1. The summed E-state index contributed by atoms with van der Waals surface area (Å²) >= 11 is 0. The van der Waals surface area contributed by atoms with Crippen LogP contribution in [0.1, 0.15) is 104 Å². The Hall–Kier alpha value is -0.500. The number of nitrogens with one attached hydrogen (secondary N) is 1. The third-order valence-electron chi connectivity index (χ3n) is 5.86. The van der Waals surface area contributed by atoms with Gasteiger partial charge in [-0.05, 0) is 12.8 Å². The van der Waals surface area contributed by atoms with Crippen LogP contribution in [0.2, 0.25) is 0 Å². The van der Waals surface area contributed by atoms with Crippen molar-refractivity contribution >= 4 is 13.7 Å². The van der Waals surface area contributed by atoms with Crippen LogP contribution in [0.4, 0.5) is 0 Å². The van der Waals surface area contributed by atoms with Crippen molar-refractivity contribution in [1.82, 2.24) is 5.32 Å². The van der Waals surface area contributed by atoms with Gasteiger partial charge in [0.2, 0.25) is 5.91 Å². The minimum Gasteiger partial charge on any atom is -0.391 e. The summed E-state index contributed by atoms with van der Waals surface area (Å²) in [4.78, 5) is 22.5. The Morgan fingerprint density at radius 1 is 0.882 bits per heavy atom. The second-order valence-corrected chi connectivity index (χ2v) is 11.9. The Morgan fingerprint density at radius 3 is 1.97 bits per heavy atom. The van der Waals surface area contributed by atoms with Crippen molar-refractivity contribution in [3.8, 4) is 0 Å². The summed E-state index contributed by atoms with van der Waals surface area (Å²) in [5.74, 6) is -0.162. The number of hydrogen-bond donors (Lipinski definition) is 3. The van der Waals surface area contributed by atoms with Crippen LogP contribution in [0, 0.1) is 0 Å². The van der Waals surface area contributed by atoms with Gasteiger partial charge in [-0.3, -0.25) is 13.8 Å². The van der Waals surface area contributed by atoms with Crippen molar-refractivity contribution in [2.75, 3.05) is 40.9 Å². The number of phosphoric acid groups is 1. The normalized spacial score (nSPS) is 15.6. The summed E-state index contributed by atoms with van der Waals surface area (Å²) in [5.41, 5.74) is 0. The van der Waals surface area contributed by atoms with Gasteiger partial charge < -0.3 is 19.8 Å². The molecule has 3 N–H and O–H groups in total. The first-order chi connectivity index (χ1) is 16.0. The lowest BCUT2D eigenvalue weighted by Crippen LogP contribution is -2.46. The van der Waals surface area contributed by atoms with E-state index in [-0.39, 0.29) is 19.1 Å². The Labute approximate surface area is 209 Å². The van der Waals surface area contributed by atoms with Gasteiger partial charge in [-0.25, -0.2) is 4.57 Å². The average molecular weight is 510 g/mol. The molecule has 0 aliphatic carbocycles. The summed E-state index contributed by atoms with van der Waals surface area (Å²) in [6.07, 6.45) is 13.1. The number of nitrogens with zero attached hydrogens (tertiary/aromatic N) is 1. The smallest absolute Gasteiger partial charge is 0.391 e. The van der Waals surface area contributed by atoms with Crippen LogP contribution in [-0.4, -0.2) is 73.4 Å². The van der Waals surface area contributed by atoms with E-state index in [9.17, 15) is 19.4 Å². The van der Waals surface area contributed by atoms with Crippen molar-refractivity contribution < 1.29 is 32.9 Å². The first-order valence-electron chi connectivity index (χ1n) is 13.4. The lowest BCUT2D eigenvalue weighted by Gasteiger charge is -2.26. The third kappa shape index (κ3) is 20.8. The van der Waals surface area contributed by atoms with Crippen LogP contribution in [0.15, 0.2) is 0 Å². The molecule has 1 amide bonds. The van der Waals surface area contributed by atoms with Crippen molar-refractivity contribution in [3.63, 3.8) is 0 Å². The second kappa shape index (κ2) is 19.7. The molecular formula is C25H54N2O6P+. The van der Waals surface area contributed by atoms with Crippen LogP contribution in [-0.2, 0) is 18.4 Å². The Morgan fingerprint density at radius 2 is 1.41 bits per heavy atom. The molecule has 3 unspecified atom stereocenters. The maximum atomic E-state index is 12.5. The molecule has 0 aromatic carbocycles. The molecule has 0 spiro atoms. The topological polar surface area (TPSA) is 105 Å². The monoisotopic (exact) mass is 509 g/mol. The van der Waals surface area contributed by atoms with Crippen LogP contribution < -0.4 is 5.32 Å². The highest BCUT2D eigenvalue weighted by Crippen LogP contribution is 2.43. The van der Waals surface area contributed by atoms with E-state index in [1.165, 1.54) is 38.5 Å². The quantitative estimate of drug-likeness (QED) is 0.0997. The Balaban J connectivity index is 4.66. The van der Waals surface area contributed by atoms with E-state index in [0.29, 0.717) is 23.9 Å². The molecule has 0 aliphatic rings. The van der Waals surface area contributed by atoms with Crippen LogP contribution in [0.3, 0.4) is 0 Å². The predicted octanol–water partition coefficient (Wildman–Crippen LogP) is 5.17. The van der Waals surface area contributed by atoms with E-state index in [2.05, 4.69) is 19.2 Å². The number of likely N-dealkylation sites (N-methyl/N-ethyl adjacent to an activating group) is 1. The zero-order valence-corrected chi connectivity index (χ0v) is 23.5. The molecule has 0 heterocycles. The summed E-state index contributed by atoms with van der Waals surface area (Å²) in [5, 5.41) is 13.5. The lowest BCUT2D eigenvalue weighted by atomic mass is 10.0. The van der Waals surface area contributed by atoms with Crippen molar-refractivity contribution in [3.05, 3.63) is 0 Å². The van der Waals surface area contributed by atoms with Gasteiger partial charge in [0.1, 0.15) is 13.2 Å². The van der Waals surface area contributed by atoms with Gasteiger partial charge in [-0.15, -0.1) is 0 Å². The molecule has 0 radical (unpaired) electrons. The minimum atomic E-state index is -4.27. The zero-order valence-electron chi connectivity index (χ0n) is 22.6. The Bertz CT molecular complexity index is 556. The van der Waals surface area contributed by atoms with Gasteiger partial charge in [0.05, 0.1) is 39.9 Å². The van der Waals surface area contributed by atoms with Gasteiger partial charge in [-0.2, -0.15) is 0 Å². The first kappa shape index (κ1) is 33.5. The highest BCUT2D eigenvalue weighted by molar-refractivity contribution is 7.47. The van der Waals surface area contributed by atoms with E-state index in [1.807, 2.05) is 21.1 Å². The number of aliphatic hydroxyl groups excluding tert-OH is 1. The van der Waals surface area contributed by atoms with E-state index >= 15 is 0 Å². The number of phosphoric ester groups is 1. The third-order valence-corrected chi connectivity index (χ3v) is 6.84. The fourth-order valence-corrected chi connectivity index (χ4v) is 4.31. The van der Waals surface area contributed by atoms with Crippen LogP contribution in [0.5, 0.6) is 0 Å². The molecule has 9 heteroatoms. The molecule has 204 valence electrons. The number of amides is 1. The standard InChI is InChI=1S/C25H53N2O6P/c1-6-8-10-12-14-16-18-24(28)23(26-25(29)19-17-15-13-11-9-7-2)22-33-34(30,31)32-21-20-27(3,4)5/h23-24,28H,6-22H2,1-5H3,(H-,26,29,30,31)/p+1. The SMILES string of the molecule is CCCCCCCCC(=O)NC(COP(=O)(O)OCC[N+](C)(C)C)C(O)CCCCCCCC. The van der Waals surface area contributed by atoms with E-state index < -0.39 is 20.0 Å². The summed E-state index contributed by atoms with van der Waals surface area (Å²) in [6.45, 7) is 4.71. The number of quaternary nitrogens is 1. The molecule has 0 rings (SSSR count). The summed E-state index contributed by atoms with van der Waals surface area (Å²) < 4.78 is 23.1. The van der Waals surface area contributed by atoms with Crippen molar-refractivity contribution in [1.29, 1.82) is 0 Å².